The largest absolute Gasteiger partial charge is 0.398 e. The molecule has 2 rings (SSSR count). The maximum absolute atomic E-state index is 10.4. The van der Waals surface area contributed by atoms with E-state index in [0.717, 1.165) is 42.0 Å². The quantitative estimate of drug-likeness (QED) is 0.639. The van der Waals surface area contributed by atoms with E-state index in [-0.39, 0.29) is 0 Å². The van der Waals surface area contributed by atoms with Crippen molar-refractivity contribution >= 4 is 17.4 Å². The molecule has 0 unspecified atom stereocenters. The number of thioether (sulfide) groups is 1. The number of rotatable bonds is 3. The van der Waals surface area contributed by atoms with Gasteiger partial charge in [-0.15, -0.1) is 11.8 Å². The van der Waals surface area contributed by atoms with E-state index < -0.39 is 5.60 Å². The molecule has 94 valence electrons. The van der Waals surface area contributed by atoms with Gasteiger partial charge in [-0.25, -0.2) is 0 Å². The molecule has 1 aromatic carbocycles. The number of anilines is 1. The van der Waals surface area contributed by atoms with Crippen molar-refractivity contribution in [3.8, 4) is 0 Å². The van der Waals surface area contributed by atoms with Crippen molar-refractivity contribution in [2.45, 2.75) is 49.5 Å². The number of hydrogen-bond donors (Lipinski definition) is 2. The van der Waals surface area contributed by atoms with Gasteiger partial charge in [-0.3, -0.25) is 0 Å². The van der Waals surface area contributed by atoms with Crippen LogP contribution in [0, 0.1) is 6.92 Å². The maximum Gasteiger partial charge on any atom is 0.0741 e. The first-order chi connectivity index (χ1) is 8.09. The van der Waals surface area contributed by atoms with Crippen LogP contribution in [0.2, 0.25) is 0 Å². The molecule has 0 saturated heterocycles. The first-order valence-corrected chi connectivity index (χ1v) is 7.29. The van der Waals surface area contributed by atoms with E-state index in [1.54, 1.807) is 11.8 Å². The summed E-state index contributed by atoms with van der Waals surface area (Å²) in [6.07, 6.45) is 5.44. The molecule has 0 heterocycles. The number of aryl methyl sites for hydroxylation is 1. The molecule has 2 nitrogen and oxygen atoms in total. The van der Waals surface area contributed by atoms with Gasteiger partial charge in [0.1, 0.15) is 0 Å². The summed E-state index contributed by atoms with van der Waals surface area (Å²) in [6.45, 7) is 2.04. The Hall–Kier alpha value is -0.670. The van der Waals surface area contributed by atoms with Gasteiger partial charge < -0.3 is 10.8 Å². The normalized spacial score (nSPS) is 19.2. The second-order valence-corrected chi connectivity index (χ2v) is 6.13. The molecule has 0 aromatic heterocycles. The third-order valence-electron chi connectivity index (χ3n) is 3.45. The number of nitrogen functional groups attached to an aromatic ring is 1. The van der Waals surface area contributed by atoms with Crippen LogP contribution in [0.25, 0.3) is 0 Å². The van der Waals surface area contributed by atoms with Crippen LogP contribution in [0.5, 0.6) is 0 Å². The Bertz CT molecular complexity index is 386. The van der Waals surface area contributed by atoms with Crippen LogP contribution in [0.15, 0.2) is 23.1 Å². The van der Waals surface area contributed by atoms with Crippen molar-refractivity contribution in [3.63, 3.8) is 0 Å². The van der Waals surface area contributed by atoms with Gasteiger partial charge in [-0.05, 0) is 37.5 Å². The van der Waals surface area contributed by atoms with Gasteiger partial charge in [0, 0.05) is 16.3 Å². The molecule has 0 spiro atoms. The molecular formula is C14H21NOS. The summed E-state index contributed by atoms with van der Waals surface area (Å²) in [5.41, 5.74) is 7.52. The number of benzene rings is 1. The molecule has 0 atom stereocenters. The average Bonchev–Trinajstić information content (AvgIpc) is 2.29. The Morgan fingerprint density at radius 3 is 2.65 bits per heavy atom. The highest BCUT2D eigenvalue weighted by Crippen LogP contribution is 2.35. The molecule has 0 bridgehead atoms. The lowest BCUT2D eigenvalue weighted by Crippen LogP contribution is -2.33. The monoisotopic (exact) mass is 251 g/mol. The highest BCUT2D eigenvalue weighted by Gasteiger charge is 2.29. The predicted molar refractivity (Wildman–Crippen MR) is 74.4 cm³/mol. The Balaban J connectivity index is 1.97. The van der Waals surface area contributed by atoms with Crippen molar-refractivity contribution in [1.29, 1.82) is 0 Å². The zero-order chi connectivity index (χ0) is 12.3. The van der Waals surface area contributed by atoms with Crippen molar-refractivity contribution in [3.05, 3.63) is 23.8 Å². The molecular weight excluding hydrogens is 230 g/mol. The number of aliphatic hydroxyl groups is 1. The summed E-state index contributed by atoms with van der Waals surface area (Å²) in [7, 11) is 0. The minimum Gasteiger partial charge on any atom is -0.398 e. The van der Waals surface area contributed by atoms with Crippen molar-refractivity contribution in [1.82, 2.24) is 0 Å². The van der Waals surface area contributed by atoms with Crippen molar-refractivity contribution < 1.29 is 5.11 Å². The summed E-state index contributed by atoms with van der Waals surface area (Å²) >= 11 is 1.69. The highest BCUT2D eigenvalue weighted by atomic mass is 32.2. The van der Waals surface area contributed by atoms with Crippen LogP contribution in [0.1, 0.15) is 37.7 Å². The van der Waals surface area contributed by atoms with Gasteiger partial charge >= 0.3 is 0 Å². The Morgan fingerprint density at radius 2 is 2.00 bits per heavy atom. The molecule has 1 aromatic rings. The molecule has 0 radical (unpaired) electrons. The molecule has 1 fully saturated rings. The maximum atomic E-state index is 10.4. The first kappa shape index (κ1) is 12.8. The lowest BCUT2D eigenvalue weighted by molar-refractivity contribution is 0.0273. The van der Waals surface area contributed by atoms with Gasteiger partial charge in [-0.1, -0.05) is 25.3 Å². The van der Waals surface area contributed by atoms with Crippen molar-refractivity contribution in [2.24, 2.45) is 0 Å². The van der Waals surface area contributed by atoms with Crippen LogP contribution < -0.4 is 5.73 Å². The smallest absolute Gasteiger partial charge is 0.0741 e. The van der Waals surface area contributed by atoms with Crippen LogP contribution in [-0.4, -0.2) is 16.5 Å². The molecule has 1 saturated carbocycles. The number of nitrogens with two attached hydrogens (primary N) is 1. The third kappa shape index (κ3) is 3.39. The van der Waals surface area contributed by atoms with Crippen LogP contribution in [0.3, 0.4) is 0 Å². The Labute approximate surface area is 108 Å². The van der Waals surface area contributed by atoms with E-state index in [0.29, 0.717) is 0 Å². The second-order valence-electron chi connectivity index (χ2n) is 5.11. The van der Waals surface area contributed by atoms with Crippen LogP contribution in [-0.2, 0) is 0 Å². The molecule has 1 aliphatic carbocycles. The number of hydrogen-bond acceptors (Lipinski definition) is 3. The second kappa shape index (κ2) is 5.32. The van der Waals surface area contributed by atoms with Crippen molar-refractivity contribution in [2.75, 3.05) is 11.5 Å². The lowest BCUT2D eigenvalue weighted by Gasteiger charge is -2.31. The Morgan fingerprint density at radius 1 is 1.29 bits per heavy atom. The van der Waals surface area contributed by atoms with Gasteiger partial charge in [0.15, 0.2) is 0 Å². The molecule has 0 amide bonds. The summed E-state index contributed by atoms with van der Waals surface area (Å²) in [4.78, 5) is 1.09. The van der Waals surface area contributed by atoms with Crippen LogP contribution in [0.4, 0.5) is 5.69 Å². The fourth-order valence-electron chi connectivity index (χ4n) is 2.37. The molecule has 3 heteroatoms. The minimum atomic E-state index is -0.472. The van der Waals surface area contributed by atoms with E-state index >= 15 is 0 Å². The molecule has 17 heavy (non-hydrogen) atoms. The Kier molecular flexibility index (Phi) is 4.00. The first-order valence-electron chi connectivity index (χ1n) is 6.30. The predicted octanol–water partition coefficient (Wildman–Crippen LogP) is 3.36. The van der Waals surface area contributed by atoms with E-state index in [1.165, 1.54) is 12.0 Å². The van der Waals surface area contributed by atoms with Gasteiger partial charge in [0.25, 0.3) is 0 Å². The van der Waals surface area contributed by atoms with Gasteiger partial charge in [0.05, 0.1) is 5.60 Å². The lowest BCUT2D eigenvalue weighted by atomic mass is 9.86. The summed E-state index contributed by atoms with van der Waals surface area (Å²) < 4.78 is 0. The minimum absolute atomic E-state index is 0.472. The third-order valence-corrected chi connectivity index (χ3v) is 4.81. The SMILES string of the molecule is Cc1ccc(SCC2(O)CCCCC2)c(N)c1. The topological polar surface area (TPSA) is 46.2 Å². The van der Waals surface area contributed by atoms with E-state index in [2.05, 4.69) is 12.1 Å². The van der Waals surface area contributed by atoms with E-state index in [4.69, 9.17) is 5.73 Å². The van der Waals surface area contributed by atoms with Gasteiger partial charge in [-0.2, -0.15) is 0 Å². The summed E-state index contributed by atoms with van der Waals surface area (Å²) in [5.74, 6) is 0.764. The molecule has 0 aliphatic heterocycles. The standard InChI is InChI=1S/C14H21NOS/c1-11-5-6-13(12(15)9-11)17-10-14(16)7-3-2-4-8-14/h5-6,9,16H,2-4,7-8,10,15H2,1H3. The zero-order valence-corrected chi connectivity index (χ0v) is 11.2. The van der Waals surface area contributed by atoms with Crippen LogP contribution >= 0.6 is 11.8 Å². The molecule has 3 N–H and O–H groups in total. The zero-order valence-electron chi connectivity index (χ0n) is 10.4. The fourth-order valence-corrected chi connectivity index (χ4v) is 3.47. The van der Waals surface area contributed by atoms with Gasteiger partial charge in [0.2, 0.25) is 0 Å². The fraction of sp³-hybridized carbons (Fsp3) is 0.571. The molecule has 1 aliphatic rings. The highest BCUT2D eigenvalue weighted by molar-refractivity contribution is 7.99. The van der Waals surface area contributed by atoms with E-state index in [1.807, 2.05) is 13.0 Å². The summed E-state index contributed by atoms with van der Waals surface area (Å²) in [6, 6.07) is 6.12. The van der Waals surface area contributed by atoms with E-state index in [9.17, 15) is 5.11 Å². The average molecular weight is 251 g/mol. The summed E-state index contributed by atoms with van der Waals surface area (Å²) in [5, 5.41) is 10.4.